The summed E-state index contributed by atoms with van der Waals surface area (Å²) in [4.78, 5) is 5.35. The SMILES string of the molecule is CC1CN2CCCC2CN1CCC1CCCC1(N)CO. The molecule has 4 unspecified atom stereocenters. The van der Waals surface area contributed by atoms with E-state index in [1.54, 1.807) is 0 Å². The maximum absolute atomic E-state index is 9.56. The molecule has 0 aromatic carbocycles. The third kappa shape index (κ3) is 2.76. The topological polar surface area (TPSA) is 52.7 Å². The van der Waals surface area contributed by atoms with E-state index in [1.807, 2.05) is 0 Å². The highest BCUT2D eigenvalue weighted by atomic mass is 16.3. The molecule has 0 aromatic heterocycles. The summed E-state index contributed by atoms with van der Waals surface area (Å²) < 4.78 is 0. The first-order valence-electron chi connectivity index (χ1n) is 8.50. The molecule has 20 heavy (non-hydrogen) atoms. The largest absolute Gasteiger partial charge is 0.394 e. The molecular formula is C16H31N3O. The Labute approximate surface area is 123 Å². The van der Waals surface area contributed by atoms with E-state index in [1.165, 1.54) is 45.3 Å². The van der Waals surface area contributed by atoms with Crippen molar-refractivity contribution < 1.29 is 5.11 Å². The number of aliphatic hydroxyl groups is 1. The first kappa shape index (κ1) is 14.8. The number of aliphatic hydroxyl groups excluding tert-OH is 1. The summed E-state index contributed by atoms with van der Waals surface area (Å²) in [5.74, 6) is 0.515. The molecule has 1 aliphatic carbocycles. The summed E-state index contributed by atoms with van der Waals surface area (Å²) in [6.45, 7) is 7.47. The Hall–Kier alpha value is -0.160. The lowest BCUT2D eigenvalue weighted by Gasteiger charge is -2.43. The van der Waals surface area contributed by atoms with Crippen LogP contribution in [0, 0.1) is 5.92 Å². The third-order valence-corrected chi connectivity index (χ3v) is 6.13. The fraction of sp³-hybridized carbons (Fsp3) is 1.00. The summed E-state index contributed by atoms with van der Waals surface area (Å²) in [6, 6.07) is 1.47. The van der Waals surface area contributed by atoms with E-state index in [4.69, 9.17) is 5.73 Å². The number of nitrogens with zero attached hydrogens (tertiary/aromatic N) is 2. The number of hydrogen-bond acceptors (Lipinski definition) is 4. The molecule has 2 saturated heterocycles. The summed E-state index contributed by atoms with van der Waals surface area (Å²) in [5, 5.41) is 9.56. The molecule has 4 nitrogen and oxygen atoms in total. The lowest BCUT2D eigenvalue weighted by atomic mass is 9.86. The van der Waals surface area contributed by atoms with Crippen molar-refractivity contribution in [3.63, 3.8) is 0 Å². The van der Waals surface area contributed by atoms with Crippen molar-refractivity contribution in [2.24, 2.45) is 11.7 Å². The number of fused-ring (bicyclic) bond motifs is 1. The van der Waals surface area contributed by atoms with Crippen molar-refractivity contribution in [3.8, 4) is 0 Å². The van der Waals surface area contributed by atoms with Crippen molar-refractivity contribution in [1.29, 1.82) is 0 Å². The Morgan fingerprint density at radius 3 is 2.90 bits per heavy atom. The molecule has 0 bridgehead atoms. The van der Waals surface area contributed by atoms with E-state index < -0.39 is 0 Å². The molecule has 3 rings (SSSR count). The zero-order valence-corrected chi connectivity index (χ0v) is 12.9. The minimum atomic E-state index is -0.293. The van der Waals surface area contributed by atoms with E-state index in [0.717, 1.165) is 25.4 Å². The van der Waals surface area contributed by atoms with Gasteiger partial charge in [-0.2, -0.15) is 0 Å². The number of nitrogens with two attached hydrogens (primary N) is 1. The second-order valence-corrected chi connectivity index (χ2v) is 7.40. The first-order valence-corrected chi connectivity index (χ1v) is 8.50. The molecule has 4 atom stereocenters. The molecular weight excluding hydrogens is 250 g/mol. The summed E-state index contributed by atoms with van der Waals surface area (Å²) >= 11 is 0. The molecule has 0 aromatic rings. The highest BCUT2D eigenvalue weighted by Crippen LogP contribution is 2.36. The normalized spacial score (nSPS) is 43.0. The van der Waals surface area contributed by atoms with Gasteiger partial charge in [0.05, 0.1) is 6.61 Å². The predicted molar refractivity (Wildman–Crippen MR) is 81.6 cm³/mol. The molecule has 2 aliphatic heterocycles. The van der Waals surface area contributed by atoms with Crippen LogP contribution in [0.1, 0.15) is 45.4 Å². The smallest absolute Gasteiger partial charge is 0.0613 e. The van der Waals surface area contributed by atoms with Crippen LogP contribution in [0.3, 0.4) is 0 Å². The minimum absolute atomic E-state index is 0.156. The van der Waals surface area contributed by atoms with Crippen molar-refractivity contribution in [2.75, 3.05) is 32.8 Å². The summed E-state index contributed by atoms with van der Waals surface area (Å²) in [7, 11) is 0. The molecule has 4 heteroatoms. The standard InChI is InChI=1S/C16H31N3O/c1-13-10-19-8-3-5-15(19)11-18(13)9-6-14-4-2-7-16(14,17)12-20/h13-15,20H,2-12,17H2,1H3. The molecule has 1 saturated carbocycles. The highest BCUT2D eigenvalue weighted by molar-refractivity contribution is 4.97. The molecule has 2 heterocycles. The predicted octanol–water partition coefficient (Wildman–Crippen LogP) is 1.03. The van der Waals surface area contributed by atoms with Gasteiger partial charge >= 0.3 is 0 Å². The van der Waals surface area contributed by atoms with Crippen molar-refractivity contribution >= 4 is 0 Å². The van der Waals surface area contributed by atoms with Crippen LogP contribution in [0.4, 0.5) is 0 Å². The van der Waals surface area contributed by atoms with Gasteiger partial charge in [0.2, 0.25) is 0 Å². The number of hydrogen-bond donors (Lipinski definition) is 2. The van der Waals surface area contributed by atoms with E-state index in [0.29, 0.717) is 12.0 Å². The molecule has 3 fully saturated rings. The first-order chi connectivity index (χ1) is 9.62. The average Bonchev–Trinajstić information content (AvgIpc) is 3.03. The van der Waals surface area contributed by atoms with Gasteiger partial charge in [-0.3, -0.25) is 9.80 Å². The van der Waals surface area contributed by atoms with Gasteiger partial charge < -0.3 is 10.8 Å². The molecule has 116 valence electrons. The number of piperazine rings is 1. The maximum atomic E-state index is 9.56. The monoisotopic (exact) mass is 281 g/mol. The lowest BCUT2D eigenvalue weighted by molar-refractivity contribution is 0.0505. The van der Waals surface area contributed by atoms with Crippen molar-refractivity contribution in [3.05, 3.63) is 0 Å². The zero-order chi connectivity index (χ0) is 14.2. The second-order valence-electron chi connectivity index (χ2n) is 7.40. The highest BCUT2D eigenvalue weighted by Gasteiger charge is 2.40. The van der Waals surface area contributed by atoms with Crippen LogP contribution in [0.2, 0.25) is 0 Å². The lowest BCUT2D eigenvalue weighted by Crippen LogP contribution is -2.55. The van der Waals surface area contributed by atoms with Crippen LogP contribution in [-0.2, 0) is 0 Å². The van der Waals surface area contributed by atoms with Crippen LogP contribution < -0.4 is 5.73 Å². The van der Waals surface area contributed by atoms with Gasteiger partial charge in [0.1, 0.15) is 0 Å². The quantitative estimate of drug-likeness (QED) is 0.808. The van der Waals surface area contributed by atoms with Gasteiger partial charge in [-0.25, -0.2) is 0 Å². The fourth-order valence-corrected chi connectivity index (χ4v) is 4.69. The van der Waals surface area contributed by atoms with Crippen LogP contribution >= 0.6 is 0 Å². The Kier molecular flexibility index (Phi) is 4.37. The summed E-state index contributed by atoms with van der Waals surface area (Å²) in [5.41, 5.74) is 6.07. The molecule has 0 amide bonds. The molecule has 0 radical (unpaired) electrons. The van der Waals surface area contributed by atoms with E-state index in [-0.39, 0.29) is 12.1 Å². The van der Waals surface area contributed by atoms with Crippen LogP contribution in [0.5, 0.6) is 0 Å². The van der Waals surface area contributed by atoms with E-state index in [9.17, 15) is 5.11 Å². The average molecular weight is 281 g/mol. The van der Waals surface area contributed by atoms with Gasteiger partial charge in [0.25, 0.3) is 0 Å². The Balaban J connectivity index is 1.53. The Bertz CT molecular complexity index is 338. The third-order valence-electron chi connectivity index (χ3n) is 6.13. The van der Waals surface area contributed by atoms with Crippen LogP contribution in [0.25, 0.3) is 0 Å². The maximum Gasteiger partial charge on any atom is 0.0613 e. The van der Waals surface area contributed by atoms with Gasteiger partial charge in [-0.15, -0.1) is 0 Å². The second kappa shape index (κ2) is 5.91. The van der Waals surface area contributed by atoms with Gasteiger partial charge in [-0.1, -0.05) is 6.42 Å². The fourth-order valence-electron chi connectivity index (χ4n) is 4.69. The van der Waals surface area contributed by atoms with Crippen LogP contribution in [-0.4, -0.2) is 65.3 Å². The van der Waals surface area contributed by atoms with E-state index >= 15 is 0 Å². The van der Waals surface area contributed by atoms with Crippen LogP contribution in [0.15, 0.2) is 0 Å². The van der Waals surface area contributed by atoms with Gasteiger partial charge in [-0.05, 0) is 58.0 Å². The Morgan fingerprint density at radius 1 is 1.25 bits per heavy atom. The number of rotatable bonds is 4. The summed E-state index contributed by atoms with van der Waals surface area (Å²) in [6.07, 6.45) is 7.31. The van der Waals surface area contributed by atoms with E-state index in [2.05, 4.69) is 16.7 Å². The molecule has 3 N–H and O–H groups in total. The zero-order valence-electron chi connectivity index (χ0n) is 12.9. The molecule has 3 aliphatic rings. The molecule has 0 spiro atoms. The van der Waals surface area contributed by atoms with Crippen molar-refractivity contribution in [1.82, 2.24) is 9.80 Å². The minimum Gasteiger partial charge on any atom is -0.394 e. The van der Waals surface area contributed by atoms with Gasteiger partial charge in [0, 0.05) is 30.7 Å². The van der Waals surface area contributed by atoms with Crippen molar-refractivity contribution in [2.45, 2.75) is 63.1 Å². The Morgan fingerprint density at radius 2 is 2.10 bits per heavy atom. The van der Waals surface area contributed by atoms with Gasteiger partial charge in [0.15, 0.2) is 0 Å².